The van der Waals surface area contributed by atoms with E-state index in [2.05, 4.69) is 106 Å². The smallest absolute Gasteiger partial charge is 0.306 e. The largest absolute Gasteiger partial charge is 0.462 e. The van der Waals surface area contributed by atoms with Crippen LogP contribution in [-0.2, 0) is 28.6 Å². The summed E-state index contributed by atoms with van der Waals surface area (Å²) in [4.78, 5) is 38.1. The second kappa shape index (κ2) is 56.2. The molecule has 0 aliphatic heterocycles. The van der Waals surface area contributed by atoms with Gasteiger partial charge in [0, 0.05) is 19.3 Å². The standard InChI is InChI=1S/C62H106O6/c1-4-7-10-13-16-19-22-24-26-28-29-30-31-32-33-34-36-37-40-43-46-49-52-55-61(64)67-58-59(57-66-60(63)54-51-48-45-42-39-21-18-15-12-9-6-3)68-62(65)56-53-50-47-44-41-38-35-27-25-23-20-17-14-11-8-5-2/h7,10,16,19,24,26-27,29-30,32-33,35-37,59H,4-6,8-9,11-15,17-18,20-23,25,28,31,34,38-58H2,1-3H3/b10-7-,19-16-,26-24-,30-29-,33-32-,35-27-,37-36-. The van der Waals surface area contributed by atoms with Crippen molar-refractivity contribution in [1.82, 2.24) is 0 Å². The first-order valence-electron chi connectivity index (χ1n) is 28.6. The van der Waals surface area contributed by atoms with Crippen molar-refractivity contribution >= 4 is 17.9 Å². The zero-order chi connectivity index (χ0) is 49.3. The van der Waals surface area contributed by atoms with Gasteiger partial charge in [0.1, 0.15) is 13.2 Å². The molecule has 0 aromatic heterocycles. The van der Waals surface area contributed by atoms with Gasteiger partial charge in [0.05, 0.1) is 0 Å². The number of carbonyl (C=O) groups is 3. The second-order valence-corrected chi connectivity index (χ2v) is 18.8. The molecule has 68 heavy (non-hydrogen) atoms. The fraction of sp³-hybridized carbons (Fsp3) is 0.726. The van der Waals surface area contributed by atoms with Gasteiger partial charge in [-0.15, -0.1) is 0 Å². The van der Waals surface area contributed by atoms with Crippen molar-refractivity contribution in [2.45, 2.75) is 277 Å². The summed E-state index contributed by atoms with van der Waals surface area (Å²) in [5, 5.41) is 0. The summed E-state index contributed by atoms with van der Waals surface area (Å²) in [7, 11) is 0. The van der Waals surface area contributed by atoms with Crippen molar-refractivity contribution < 1.29 is 28.6 Å². The van der Waals surface area contributed by atoms with Crippen LogP contribution in [-0.4, -0.2) is 37.2 Å². The van der Waals surface area contributed by atoms with E-state index in [1.165, 1.54) is 109 Å². The van der Waals surface area contributed by atoms with Gasteiger partial charge in [0.2, 0.25) is 0 Å². The Labute approximate surface area is 420 Å². The molecule has 1 unspecified atom stereocenters. The Morgan fingerprint density at radius 1 is 0.309 bits per heavy atom. The van der Waals surface area contributed by atoms with Crippen LogP contribution >= 0.6 is 0 Å². The van der Waals surface area contributed by atoms with Crippen LogP contribution in [0.2, 0.25) is 0 Å². The van der Waals surface area contributed by atoms with Crippen LogP contribution in [0, 0.1) is 0 Å². The van der Waals surface area contributed by atoms with Crippen molar-refractivity contribution in [2.75, 3.05) is 13.2 Å². The lowest BCUT2D eigenvalue weighted by molar-refractivity contribution is -0.167. The fourth-order valence-electron chi connectivity index (χ4n) is 7.85. The average molecular weight is 948 g/mol. The van der Waals surface area contributed by atoms with Crippen LogP contribution < -0.4 is 0 Å². The molecular formula is C62H106O6. The van der Waals surface area contributed by atoms with E-state index in [4.69, 9.17) is 14.2 Å². The van der Waals surface area contributed by atoms with Crippen molar-refractivity contribution in [3.63, 3.8) is 0 Å². The molecule has 0 bridgehead atoms. The van der Waals surface area contributed by atoms with Crippen molar-refractivity contribution in [3.8, 4) is 0 Å². The van der Waals surface area contributed by atoms with E-state index in [9.17, 15) is 14.4 Å². The van der Waals surface area contributed by atoms with E-state index in [0.29, 0.717) is 19.3 Å². The van der Waals surface area contributed by atoms with Gasteiger partial charge in [-0.25, -0.2) is 0 Å². The van der Waals surface area contributed by atoms with Crippen molar-refractivity contribution in [1.29, 1.82) is 0 Å². The Kier molecular flexibility index (Phi) is 53.4. The third-order valence-electron chi connectivity index (χ3n) is 12.1. The van der Waals surface area contributed by atoms with E-state index in [0.717, 1.165) is 122 Å². The maximum absolute atomic E-state index is 12.8. The number of hydrogen-bond donors (Lipinski definition) is 0. The highest BCUT2D eigenvalue weighted by molar-refractivity contribution is 5.71. The van der Waals surface area contributed by atoms with Gasteiger partial charge in [-0.3, -0.25) is 14.4 Å². The normalized spacial score (nSPS) is 12.7. The Morgan fingerprint density at radius 2 is 0.574 bits per heavy atom. The number of unbranched alkanes of at least 4 members (excludes halogenated alkanes) is 26. The highest BCUT2D eigenvalue weighted by atomic mass is 16.6. The van der Waals surface area contributed by atoms with Gasteiger partial charge in [-0.2, -0.15) is 0 Å². The molecule has 0 aromatic rings. The first kappa shape index (κ1) is 64.6. The minimum absolute atomic E-state index is 0.0864. The molecule has 1 atom stereocenters. The third kappa shape index (κ3) is 53.5. The Hall–Kier alpha value is -3.41. The molecule has 0 aromatic carbocycles. The van der Waals surface area contributed by atoms with E-state index >= 15 is 0 Å². The molecule has 6 nitrogen and oxygen atoms in total. The molecule has 0 fully saturated rings. The summed E-state index contributed by atoms with van der Waals surface area (Å²) in [6.45, 7) is 6.50. The molecule has 6 heteroatoms. The van der Waals surface area contributed by atoms with Crippen LogP contribution in [0.1, 0.15) is 271 Å². The molecule has 0 saturated carbocycles. The van der Waals surface area contributed by atoms with Gasteiger partial charge >= 0.3 is 17.9 Å². The van der Waals surface area contributed by atoms with E-state index in [1.54, 1.807) is 0 Å². The highest BCUT2D eigenvalue weighted by Crippen LogP contribution is 2.15. The molecule has 0 N–H and O–H groups in total. The lowest BCUT2D eigenvalue weighted by Crippen LogP contribution is -2.30. The summed E-state index contributed by atoms with van der Waals surface area (Å²) in [6, 6.07) is 0. The molecule has 0 aliphatic rings. The minimum atomic E-state index is -0.790. The van der Waals surface area contributed by atoms with Crippen LogP contribution in [0.25, 0.3) is 0 Å². The summed E-state index contributed by atoms with van der Waals surface area (Å²) in [5.74, 6) is -0.916. The third-order valence-corrected chi connectivity index (χ3v) is 12.1. The average Bonchev–Trinajstić information content (AvgIpc) is 3.34. The topological polar surface area (TPSA) is 78.9 Å². The predicted octanol–water partition coefficient (Wildman–Crippen LogP) is 19.2. The zero-order valence-electron chi connectivity index (χ0n) is 44.6. The molecule has 0 radical (unpaired) electrons. The number of ether oxygens (including phenoxy) is 3. The second-order valence-electron chi connectivity index (χ2n) is 18.8. The molecule has 0 rings (SSSR count). The maximum Gasteiger partial charge on any atom is 0.306 e. The number of esters is 3. The van der Waals surface area contributed by atoms with Crippen molar-refractivity contribution in [2.24, 2.45) is 0 Å². The van der Waals surface area contributed by atoms with Gasteiger partial charge in [0.25, 0.3) is 0 Å². The Morgan fingerprint density at radius 3 is 0.912 bits per heavy atom. The van der Waals surface area contributed by atoms with E-state index in [-0.39, 0.29) is 31.1 Å². The van der Waals surface area contributed by atoms with Crippen LogP contribution in [0.15, 0.2) is 85.1 Å². The molecule has 0 saturated heterocycles. The maximum atomic E-state index is 12.8. The van der Waals surface area contributed by atoms with E-state index < -0.39 is 6.10 Å². The first-order valence-corrected chi connectivity index (χ1v) is 28.6. The Bertz CT molecular complexity index is 1320. The molecule has 0 amide bonds. The van der Waals surface area contributed by atoms with Crippen LogP contribution in [0.5, 0.6) is 0 Å². The molecule has 390 valence electrons. The minimum Gasteiger partial charge on any atom is -0.462 e. The molecule has 0 spiro atoms. The van der Waals surface area contributed by atoms with Crippen molar-refractivity contribution in [3.05, 3.63) is 85.1 Å². The SMILES string of the molecule is CC/C=C\C/C=C\C/C=C\C/C=C\C/C=C\C/C=C\CCCCCCC(=O)OCC(COC(=O)CCCCCCCCCCCCC)OC(=O)CCCCCCC/C=C\CCCCCCCCC. The van der Waals surface area contributed by atoms with Gasteiger partial charge < -0.3 is 14.2 Å². The Balaban J connectivity index is 4.39. The first-order chi connectivity index (χ1) is 33.5. The summed E-state index contributed by atoms with van der Waals surface area (Å²) < 4.78 is 16.8. The number of rotatable bonds is 51. The van der Waals surface area contributed by atoms with E-state index in [1.807, 2.05) is 0 Å². The quantitative estimate of drug-likeness (QED) is 0.0262. The zero-order valence-corrected chi connectivity index (χ0v) is 44.6. The lowest BCUT2D eigenvalue weighted by Gasteiger charge is -2.18. The number of allylic oxidation sites excluding steroid dienone is 14. The van der Waals surface area contributed by atoms with Gasteiger partial charge in [0.15, 0.2) is 6.10 Å². The summed E-state index contributed by atoms with van der Waals surface area (Å²) >= 11 is 0. The molecule has 0 heterocycles. The number of carbonyl (C=O) groups excluding carboxylic acids is 3. The van der Waals surface area contributed by atoms with Gasteiger partial charge in [-0.1, -0.05) is 241 Å². The number of hydrogen-bond acceptors (Lipinski definition) is 6. The van der Waals surface area contributed by atoms with Crippen LogP contribution in [0.3, 0.4) is 0 Å². The monoisotopic (exact) mass is 947 g/mol. The fourth-order valence-corrected chi connectivity index (χ4v) is 7.85. The van der Waals surface area contributed by atoms with Crippen LogP contribution in [0.4, 0.5) is 0 Å². The molecular weight excluding hydrogens is 841 g/mol. The highest BCUT2D eigenvalue weighted by Gasteiger charge is 2.19. The van der Waals surface area contributed by atoms with Gasteiger partial charge in [-0.05, 0) is 96.3 Å². The summed E-state index contributed by atoms with van der Waals surface area (Å²) in [5.41, 5.74) is 0. The lowest BCUT2D eigenvalue weighted by atomic mass is 10.1. The summed E-state index contributed by atoms with van der Waals surface area (Å²) in [6.07, 6.45) is 72.8. The predicted molar refractivity (Wildman–Crippen MR) is 293 cm³/mol. The molecule has 0 aliphatic carbocycles.